The molecular weight excluding hydrogens is 278 g/mol. The molecule has 0 aliphatic heterocycles. The van der Waals surface area contributed by atoms with Crippen LogP contribution in [0, 0.1) is 17.2 Å². The summed E-state index contributed by atoms with van der Waals surface area (Å²) in [5, 5.41) is 8.58. The summed E-state index contributed by atoms with van der Waals surface area (Å²) >= 11 is 0. The van der Waals surface area contributed by atoms with E-state index in [-0.39, 0.29) is 0 Å². The van der Waals surface area contributed by atoms with Crippen LogP contribution in [-0.2, 0) is 0 Å². The Morgan fingerprint density at radius 3 is 2.35 bits per heavy atom. The average molecular weight is 309 g/mol. The number of hydrogen-bond acceptors (Lipinski definition) is 1. The molecule has 1 heteroatoms. The van der Waals surface area contributed by atoms with Crippen molar-refractivity contribution in [3.63, 3.8) is 0 Å². The van der Waals surface area contributed by atoms with Crippen molar-refractivity contribution in [2.24, 2.45) is 5.92 Å². The van der Waals surface area contributed by atoms with Crippen LogP contribution in [0.4, 0.5) is 0 Å². The van der Waals surface area contributed by atoms with Crippen LogP contribution in [0.1, 0.15) is 88.2 Å². The first-order valence-electron chi connectivity index (χ1n) is 9.49. The number of unbranched alkanes of at least 4 members (excludes halogenated alkanes) is 4. The molecule has 0 atom stereocenters. The summed E-state index contributed by atoms with van der Waals surface area (Å²) in [7, 11) is 0. The maximum Gasteiger partial charge on any atom is 0.0912 e. The van der Waals surface area contributed by atoms with Crippen LogP contribution in [0.5, 0.6) is 0 Å². The Labute approximate surface area is 142 Å². The lowest BCUT2D eigenvalue weighted by Gasteiger charge is -2.29. The fourth-order valence-corrected chi connectivity index (χ4v) is 3.83. The summed E-state index contributed by atoms with van der Waals surface area (Å²) in [6, 6.07) is 10.8. The Bertz CT molecular complexity index is 498. The van der Waals surface area contributed by atoms with Crippen molar-refractivity contribution >= 4 is 6.08 Å². The second-order valence-corrected chi connectivity index (χ2v) is 7.05. The molecule has 1 aromatic carbocycles. The third-order valence-corrected chi connectivity index (χ3v) is 5.32. The molecule has 2 rings (SSSR count). The minimum atomic E-state index is 0.750. The molecule has 1 aromatic rings. The Hall–Kier alpha value is -1.55. The predicted octanol–water partition coefficient (Wildman–Crippen LogP) is 6.86. The highest BCUT2D eigenvalue weighted by molar-refractivity contribution is 5.52. The highest BCUT2D eigenvalue weighted by Gasteiger charge is 2.21. The van der Waals surface area contributed by atoms with Gasteiger partial charge < -0.3 is 0 Å². The smallest absolute Gasteiger partial charge is 0.0912 e. The minimum Gasteiger partial charge on any atom is -0.193 e. The van der Waals surface area contributed by atoms with Crippen LogP contribution in [0.25, 0.3) is 6.08 Å². The molecule has 0 aromatic heterocycles. The SMILES string of the molecule is CCCCCCCC1CCC(c2ccc(C=CC#N)cc2)CC1. The molecule has 0 saturated heterocycles. The van der Waals surface area contributed by atoms with Gasteiger partial charge in [-0.2, -0.15) is 5.26 Å². The Kier molecular flexibility index (Phi) is 7.95. The molecule has 0 unspecified atom stereocenters. The van der Waals surface area contributed by atoms with Crippen LogP contribution < -0.4 is 0 Å². The summed E-state index contributed by atoms with van der Waals surface area (Å²) < 4.78 is 0. The summed E-state index contributed by atoms with van der Waals surface area (Å²) in [4.78, 5) is 0. The normalized spacial score (nSPS) is 21.4. The summed E-state index contributed by atoms with van der Waals surface area (Å²) in [6.45, 7) is 2.29. The molecule has 23 heavy (non-hydrogen) atoms. The van der Waals surface area contributed by atoms with Crippen LogP contribution in [0.3, 0.4) is 0 Å². The monoisotopic (exact) mass is 309 g/mol. The Morgan fingerprint density at radius 1 is 1.00 bits per heavy atom. The van der Waals surface area contributed by atoms with Crippen molar-refractivity contribution < 1.29 is 0 Å². The van der Waals surface area contributed by atoms with Gasteiger partial charge in [-0.15, -0.1) is 0 Å². The number of allylic oxidation sites excluding steroid dienone is 1. The molecule has 0 radical (unpaired) electrons. The van der Waals surface area contributed by atoms with Crippen molar-refractivity contribution in [1.82, 2.24) is 0 Å². The Balaban J connectivity index is 1.71. The molecule has 0 N–H and O–H groups in total. The molecule has 1 aliphatic rings. The summed E-state index contributed by atoms with van der Waals surface area (Å²) in [5.74, 6) is 1.73. The topological polar surface area (TPSA) is 23.8 Å². The van der Waals surface area contributed by atoms with Gasteiger partial charge in [-0.25, -0.2) is 0 Å². The van der Waals surface area contributed by atoms with E-state index in [4.69, 9.17) is 5.26 Å². The first-order valence-corrected chi connectivity index (χ1v) is 9.49. The van der Waals surface area contributed by atoms with Gasteiger partial charge in [0.2, 0.25) is 0 Å². The minimum absolute atomic E-state index is 0.750. The molecule has 0 bridgehead atoms. The molecule has 0 spiro atoms. The first kappa shape index (κ1) is 17.8. The number of nitrogens with zero attached hydrogens (tertiary/aromatic N) is 1. The number of nitriles is 1. The molecule has 1 aliphatic carbocycles. The maximum atomic E-state index is 8.58. The Morgan fingerprint density at radius 2 is 1.70 bits per heavy atom. The number of rotatable bonds is 8. The summed E-state index contributed by atoms with van der Waals surface area (Å²) in [6.07, 6.45) is 17.5. The molecule has 1 saturated carbocycles. The standard InChI is InChI=1S/C22H31N/c1-2-3-4-5-6-8-19-10-14-21(15-11-19)22-16-12-20(13-17-22)9-7-18-23/h7,9,12-13,16-17,19,21H,2-6,8,10-11,14-15H2,1H3. The van der Waals surface area contributed by atoms with E-state index in [1.807, 2.05) is 12.1 Å². The second-order valence-electron chi connectivity index (χ2n) is 7.05. The van der Waals surface area contributed by atoms with Crippen molar-refractivity contribution in [2.45, 2.75) is 77.0 Å². The maximum absolute atomic E-state index is 8.58. The van der Waals surface area contributed by atoms with Gasteiger partial charge in [0.05, 0.1) is 6.07 Å². The fraction of sp³-hybridized carbons (Fsp3) is 0.591. The lowest BCUT2D eigenvalue weighted by atomic mass is 9.77. The molecule has 1 nitrogen and oxygen atoms in total. The fourth-order valence-electron chi connectivity index (χ4n) is 3.83. The van der Waals surface area contributed by atoms with E-state index in [0.717, 1.165) is 17.4 Å². The van der Waals surface area contributed by atoms with Crippen molar-refractivity contribution in [2.75, 3.05) is 0 Å². The van der Waals surface area contributed by atoms with Gasteiger partial charge in [-0.3, -0.25) is 0 Å². The largest absolute Gasteiger partial charge is 0.193 e. The zero-order valence-electron chi connectivity index (χ0n) is 14.6. The third kappa shape index (κ3) is 6.22. The summed E-state index contributed by atoms with van der Waals surface area (Å²) in [5.41, 5.74) is 2.61. The first-order chi connectivity index (χ1) is 11.3. The lowest BCUT2D eigenvalue weighted by molar-refractivity contribution is 0.302. The van der Waals surface area contributed by atoms with Gasteiger partial charge in [0.1, 0.15) is 0 Å². The van der Waals surface area contributed by atoms with Crippen LogP contribution >= 0.6 is 0 Å². The van der Waals surface area contributed by atoms with Gasteiger partial charge in [-0.1, -0.05) is 69.7 Å². The zero-order chi connectivity index (χ0) is 16.3. The second kappa shape index (κ2) is 10.3. The van der Waals surface area contributed by atoms with Gasteiger partial charge in [0.25, 0.3) is 0 Å². The number of benzene rings is 1. The van der Waals surface area contributed by atoms with Crippen LogP contribution in [-0.4, -0.2) is 0 Å². The van der Waals surface area contributed by atoms with E-state index < -0.39 is 0 Å². The highest BCUT2D eigenvalue weighted by atomic mass is 14.3. The van der Waals surface area contributed by atoms with Gasteiger partial charge >= 0.3 is 0 Å². The van der Waals surface area contributed by atoms with Crippen LogP contribution in [0.15, 0.2) is 30.3 Å². The third-order valence-electron chi connectivity index (χ3n) is 5.32. The highest BCUT2D eigenvalue weighted by Crippen LogP contribution is 2.37. The van der Waals surface area contributed by atoms with Crippen molar-refractivity contribution in [3.8, 4) is 6.07 Å². The zero-order valence-corrected chi connectivity index (χ0v) is 14.6. The van der Waals surface area contributed by atoms with E-state index in [1.165, 1.54) is 69.8 Å². The average Bonchev–Trinajstić information content (AvgIpc) is 2.61. The van der Waals surface area contributed by atoms with E-state index in [9.17, 15) is 0 Å². The van der Waals surface area contributed by atoms with E-state index in [1.54, 1.807) is 6.08 Å². The van der Waals surface area contributed by atoms with E-state index in [2.05, 4.69) is 31.2 Å². The van der Waals surface area contributed by atoms with Crippen molar-refractivity contribution in [3.05, 3.63) is 41.5 Å². The van der Waals surface area contributed by atoms with E-state index in [0.29, 0.717) is 0 Å². The number of hydrogen-bond donors (Lipinski definition) is 0. The molecular formula is C22H31N. The van der Waals surface area contributed by atoms with Gasteiger partial charge in [0.15, 0.2) is 0 Å². The molecule has 124 valence electrons. The van der Waals surface area contributed by atoms with Crippen LogP contribution in [0.2, 0.25) is 0 Å². The lowest BCUT2D eigenvalue weighted by Crippen LogP contribution is -2.13. The van der Waals surface area contributed by atoms with E-state index >= 15 is 0 Å². The molecule has 0 amide bonds. The molecule has 0 heterocycles. The quantitative estimate of drug-likeness (QED) is 0.380. The van der Waals surface area contributed by atoms with Crippen molar-refractivity contribution in [1.29, 1.82) is 5.26 Å². The molecule has 1 fully saturated rings. The predicted molar refractivity (Wildman–Crippen MR) is 99.2 cm³/mol. The van der Waals surface area contributed by atoms with Gasteiger partial charge in [0, 0.05) is 6.08 Å². The van der Waals surface area contributed by atoms with Gasteiger partial charge in [-0.05, 0) is 54.7 Å².